The van der Waals surface area contributed by atoms with Crippen LogP contribution in [0.3, 0.4) is 0 Å². The summed E-state index contributed by atoms with van der Waals surface area (Å²) in [6, 6.07) is 0. The lowest BCUT2D eigenvalue weighted by atomic mass is 9.45. The molecular weight excluding hydrogens is 156 g/mol. The van der Waals surface area contributed by atoms with Gasteiger partial charge in [-0.05, 0) is 37.0 Å². The van der Waals surface area contributed by atoms with Gasteiger partial charge in [0.2, 0.25) is 0 Å². The molecule has 0 amide bonds. The van der Waals surface area contributed by atoms with Crippen molar-refractivity contribution in [3.05, 3.63) is 11.1 Å². The van der Waals surface area contributed by atoms with Crippen molar-refractivity contribution in [3.8, 4) is 0 Å². The van der Waals surface area contributed by atoms with E-state index < -0.39 is 0 Å². The van der Waals surface area contributed by atoms with E-state index in [1.807, 2.05) is 5.57 Å². The first-order chi connectivity index (χ1) is 6.12. The van der Waals surface area contributed by atoms with Gasteiger partial charge >= 0.3 is 0 Å². The predicted molar refractivity (Wildman–Crippen MR) is 57.6 cm³/mol. The lowest BCUT2D eigenvalue weighted by molar-refractivity contribution is 0.0738. The zero-order valence-corrected chi connectivity index (χ0v) is 9.48. The maximum absolute atomic E-state index is 2.50. The molecular formula is C13H22. The van der Waals surface area contributed by atoms with E-state index in [1.54, 1.807) is 5.57 Å². The lowest BCUT2D eigenvalue weighted by Crippen LogP contribution is -2.49. The van der Waals surface area contributed by atoms with E-state index in [-0.39, 0.29) is 0 Å². The third kappa shape index (κ3) is 0.978. The van der Waals surface area contributed by atoms with Gasteiger partial charge in [-0.2, -0.15) is 0 Å². The predicted octanol–water partition coefficient (Wildman–Crippen LogP) is 4.17. The molecule has 0 aromatic rings. The van der Waals surface area contributed by atoms with Gasteiger partial charge in [0, 0.05) is 0 Å². The Balaban J connectivity index is 2.14. The van der Waals surface area contributed by atoms with Crippen LogP contribution in [0.4, 0.5) is 0 Å². The molecule has 2 aliphatic rings. The normalized spacial score (nSPS) is 39.2. The van der Waals surface area contributed by atoms with Crippen molar-refractivity contribution in [1.29, 1.82) is 0 Å². The Bertz CT molecular complexity index is 249. The average Bonchev–Trinajstić information content (AvgIpc) is 2.02. The van der Waals surface area contributed by atoms with Crippen molar-refractivity contribution in [3.63, 3.8) is 0 Å². The summed E-state index contributed by atoms with van der Waals surface area (Å²) >= 11 is 0. The van der Waals surface area contributed by atoms with Gasteiger partial charge in [-0.25, -0.2) is 0 Å². The van der Waals surface area contributed by atoms with Crippen LogP contribution in [0, 0.1) is 17.3 Å². The van der Waals surface area contributed by atoms with Crippen LogP contribution in [0.1, 0.15) is 53.4 Å². The van der Waals surface area contributed by atoms with Gasteiger partial charge in [0.15, 0.2) is 0 Å². The van der Waals surface area contributed by atoms with Crippen molar-refractivity contribution in [2.45, 2.75) is 53.4 Å². The quantitative estimate of drug-likeness (QED) is 0.569. The standard InChI is InChI=1S/C13H22/c1-5-6-9(2)13(4)10(3)11-7-8-12(11)13/h9,12H,5-8H2,1-4H3. The number of allylic oxidation sites excluding steroid dienone is 2. The summed E-state index contributed by atoms with van der Waals surface area (Å²) in [7, 11) is 0. The monoisotopic (exact) mass is 178 g/mol. The number of hydrogen-bond donors (Lipinski definition) is 0. The first kappa shape index (κ1) is 9.30. The zero-order chi connectivity index (χ0) is 9.64. The van der Waals surface area contributed by atoms with Gasteiger partial charge in [-0.3, -0.25) is 0 Å². The van der Waals surface area contributed by atoms with E-state index in [2.05, 4.69) is 27.7 Å². The summed E-state index contributed by atoms with van der Waals surface area (Å²) in [4.78, 5) is 0. The third-order valence-electron chi connectivity index (χ3n) is 4.88. The van der Waals surface area contributed by atoms with E-state index in [0.29, 0.717) is 5.41 Å². The van der Waals surface area contributed by atoms with Crippen LogP contribution < -0.4 is 0 Å². The fourth-order valence-electron chi connectivity index (χ4n) is 3.52. The van der Waals surface area contributed by atoms with Crippen LogP contribution in [0.25, 0.3) is 0 Å². The minimum absolute atomic E-state index is 0.587. The van der Waals surface area contributed by atoms with Crippen LogP contribution in [0.15, 0.2) is 11.1 Å². The van der Waals surface area contributed by atoms with Crippen LogP contribution >= 0.6 is 0 Å². The van der Waals surface area contributed by atoms with E-state index >= 15 is 0 Å². The highest BCUT2D eigenvalue weighted by molar-refractivity contribution is 5.42. The third-order valence-corrected chi connectivity index (χ3v) is 4.88. The number of fused-ring (bicyclic) bond motifs is 1. The minimum Gasteiger partial charge on any atom is -0.0670 e. The molecule has 0 heteroatoms. The molecule has 0 spiro atoms. The second-order valence-corrected chi connectivity index (χ2v) is 5.21. The first-order valence-corrected chi connectivity index (χ1v) is 5.82. The first-order valence-electron chi connectivity index (χ1n) is 5.82. The topological polar surface area (TPSA) is 0 Å². The van der Waals surface area contributed by atoms with Gasteiger partial charge in [0.1, 0.15) is 0 Å². The number of hydrogen-bond acceptors (Lipinski definition) is 0. The van der Waals surface area contributed by atoms with E-state index in [1.165, 1.54) is 25.7 Å². The highest BCUT2D eigenvalue weighted by Crippen LogP contribution is 2.64. The van der Waals surface area contributed by atoms with Crippen LogP contribution in [0.5, 0.6) is 0 Å². The molecule has 2 rings (SSSR count). The highest BCUT2D eigenvalue weighted by atomic mass is 14.6. The molecule has 74 valence electrons. The smallest absolute Gasteiger partial charge is 0.00252 e. The zero-order valence-electron chi connectivity index (χ0n) is 9.48. The molecule has 1 fully saturated rings. The molecule has 0 nitrogen and oxygen atoms in total. The molecule has 2 aliphatic carbocycles. The second-order valence-electron chi connectivity index (χ2n) is 5.21. The fourth-order valence-corrected chi connectivity index (χ4v) is 3.52. The molecule has 0 heterocycles. The van der Waals surface area contributed by atoms with Crippen LogP contribution in [0.2, 0.25) is 0 Å². The molecule has 13 heavy (non-hydrogen) atoms. The van der Waals surface area contributed by atoms with Crippen molar-refractivity contribution in [1.82, 2.24) is 0 Å². The summed E-state index contributed by atoms with van der Waals surface area (Å²) in [5.74, 6) is 1.88. The Labute approximate surface area is 82.4 Å². The molecule has 0 aliphatic heterocycles. The SMILES string of the molecule is CCCC(C)C1(C)C(C)=C2CCC21. The van der Waals surface area contributed by atoms with E-state index in [9.17, 15) is 0 Å². The fraction of sp³-hybridized carbons (Fsp3) is 0.846. The summed E-state index contributed by atoms with van der Waals surface area (Å²) in [6.07, 6.45) is 5.62. The van der Waals surface area contributed by atoms with Gasteiger partial charge in [-0.15, -0.1) is 0 Å². The molecule has 1 saturated carbocycles. The Morgan fingerprint density at radius 2 is 2.23 bits per heavy atom. The molecule has 3 atom stereocenters. The molecule has 0 aromatic heterocycles. The lowest BCUT2D eigenvalue weighted by Gasteiger charge is -2.59. The number of rotatable bonds is 3. The van der Waals surface area contributed by atoms with E-state index in [0.717, 1.165) is 11.8 Å². The van der Waals surface area contributed by atoms with Crippen molar-refractivity contribution in [2.75, 3.05) is 0 Å². The second kappa shape index (κ2) is 2.87. The summed E-state index contributed by atoms with van der Waals surface area (Å²) in [6.45, 7) is 9.62. The van der Waals surface area contributed by atoms with Crippen molar-refractivity contribution in [2.24, 2.45) is 17.3 Å². The molecule has 0 N–H and O–H groups in total. The highest BCUT2D eigenvalue weighted by Gasteiger charge is 2.54. The Morgan fingerprint density at radius 3 is 2.62 bits per heavy atom. The maximum atomic E-state index is 2.50. The Kier molecular flexibility index (Phi) is 2.05. The summed E-state index contributed by atoms with van der Waals surface area (Å²) in [5, 5.41) is 0. The van der Waals surface area contributed by atoms with Crippen LogP contribution in [-0.4, -0.2) is 0 Å². The molecule has 3 unspecified atom stereocenters. The van der Waals surface area contributed by atoms with E-state index in [4.69, 9.17) is 0 Å². The Hall–Kier alpha value is -0.260. The Morgan fingerprint density at radius 1 is 1.54 bits per heavy atom. The molecule has 0 radical (unpaired) electrons. The van der Waals surface area contributed by atoms with Gasteiger partial charge in [0.25, 0.3) is 0 Å². The van der Waals surface area contributed by atoms with Crippen molar-refractivity contribution >= 4 is 0 Å². The minimum atomic E-state index is 0.587. The average molecular weight is 178 g/mol. The largest absolute Gasteiger partial charge is 0.0670 e. The summed E-state index contributed by atoms with van der Waals surface area (Å²) < 4.78 is 0. The van der Waals surface area contributed by atoms with Gasteiger partial charge in [0.05, 0.1) is 0 Å². The molecule has 0 bridgehead atoms. The van der Waals surface area contributed by atoms with Crippen LogP contribution in [-0.2, 0) is 0 Å². The molecule has 0 aromatic carbocycles. The molecule has 0 saturated heterocycles. The maximum Gasteiger partial charge on any atom is -0.00252 e. The van der Waals surface area contributed by atoms with Gasteiger partial charge in [-0.1, -0.05) is 44.8 Å². The van der Waals surface area contributed by atoms with Gasteiger partial charge < -0.3 is 0 Å². The van der Waals surface area contributed by atoms with Crippen molar-refractivity contribution < 1.29 is 0 Å². The summed E-state index contributed by atoms with van der Waals surface area (Å²) in [5.41, 5.74) is 4.14.